The van der Waals surface area contributed by atoms with Crippen molar-refractivity contribution >= 4 is 23.2 Å². The van der Waals surface area contributed by atoms with Gasteiger partial charge in [-0.25, -0.2) is 4.98 Å². The lowest BCUT2D eigenvalue weighted by atomic mass is 10.3. The number of anilines is 2. The van der Waals surface area contributed by atoms with E-state index >= 15 is 0 Å². The summed E-state index contributed by atoms with van der Waals surface area (Å²) in [4.78, 5) is 4.29. The number of rotatable bonds is 5. The van der Waals surface area contributed by atoms with Crippen LogP contribution in [0, 0.1) is 0 Å². The standard InChI is InChI=1S/C13H16ClN3O/c1-10(9-18-2)17-8-7-15-13(17)16-12-6-4-3-5-11(12)14/h3-8,10H,9H2,1-2H3,(H,15,16). The first-order valence-corrected chi connectivity index (χ1v) is 6.13. The SMILES string of the molecule is COCC(C)n1ccnc1Nc1ccccc1Cl. The van der Waals surface area contributed by atoms with Crippen LogP contribution in [0.2, 0.25) is 5.02 Å². The molecule has 0 saturated heterocycles. The van der Waals surface area contributed by atoms with E-state index in [2.05, 4.69) is 17.2 Å². The summed E-state index contributed by atoms with van der Waals surface area (Å²) < 4.78 is 7.17. The zero-order valence-corrected chi connectivity index (χ0v) is 11.2. The Hall–Kier alpha value is -1.52. The molecule has 5 heteroatoms. The summed E-state index contributed by atoms with van der Waals surface area (Å²) in [5.74, 6) is 0.757. The number of ether oxygens (including phenoxy) is 1. The molecule has 0 saturated carbocycles. The van der Waals surface area contributed by atoms with E-state index in [1.165, 1.54) is 0 Å². The minimum atomic E-state index is 0.211. The summed E-state index contributed by atoms with van der Waals surface area (Å²) in [5.41, 5.74) is 0.844. The topological polar surface area (TPSA) is 39.1 Å². The average Bonchev–Trinajstić information content (AvgIpc) is 2.81. The van der Waals surface area contributed by atoms with Gasteiger partial charge in [0.1, 0.15) is 0 Å². The summed E-state index contributed by atoms with van der Waals surface area (Å²) in [6.07, 6.45) is 3.67. The second-order valence-electron chi connectivity index (χ2n) is 4.07. The van der Waals surface area contributed by atoms with Crippen molar-refractivity contribution in [2.24, 2.45) is 0 Å². The van der Waals surface area contributed by atoms with E-state index in [1.807, 2.05) is 35.0 Å². The number of nitrogens with zero attached hydrogens (tertiary/aromatic N) is 2. The smallest absolute Gasteiger partial charge is 0.207 e. The molecule has 1 heterocycles. The minimum absolute atomic E-state index is 0.211. The van der Waals surface area contributed by atoms with Crippen LogP contribution in [0.4, 0.5) is 11.6 Å². The number of benzene rings is 1. The summed E-state index contributed by atoms with van der Waals surface area (Å²) in [6, 6.07) is 7.80. The molecule has 1 unspecified atom stereocenters. The van der Waals surface area contributed by atoms with Gasteiger partial charge in [-0.2, -0.15) is 0 Å². The number of imidazole rings is 1. The van der Waals surface area contributed by atoms with Gasteiger partial charge in [-0.05, 0) is 19.1 Å². The third-order valence-corrected chi connectivity index (χ3v) is 3.00. The fraction of sp³-hybridized carbons (Fsp3) is 0.308. The van der Waals surface area contributed by atoms with Crippen molar-refractivity contribution < 1.29 is 4.74 Å². The van der Waals surface area contributed by atoms with Crippen LogP contribution in [-0.4, -0.2) is 23.3 Å². The molecule has 0 spiro atoms. The largest absolute Gasteiger partial charge is 0.383 e. The number of nitrogens with one attached hydrogen (secondary N) is 1. The fourth-order valence-electron chi connectivity index (χ4n) is 1.77. The Morgan fingerprint density at radius 2 is 2.22 bits per heavy atom. The van der Waals surface area contributed by atoms with Gasteiger partial charge in [0.25, 0.3) is 0 Å². The molecule has 0 aliphatic carbocycles. The van der Waals surface area contributed by atoms with Crippen molar-refractivity contribution in [2.75, 3.05) is 19.0 Å². The maximum absolute atomic E-state index is 6.11. The first-order valence-electron chi connectivity index (χ1n) is 5.75. The molecule has 1 N–H and O–H groups in total. The van der Waals surface area contributed by atoms with Crippen molar-refractivity contribution in [3.63, 3.8) is 0 Å². The molecule has 2 rings (SSSR count). The molecule has 0 aliphatic heterocycles. The molecule has 1 atom stereocenters. The summed E-state index contributed by atoms with van der Waals surface area (Å²) in [6.45, 7) is 2.70. The normalized spacial score (nSPS) is 12.4. The van der Waals surface area contributed by atoms with Crippen LogP contribution in [0.1, 0.15) is 13.0 Å². The van der Waals surface area contributed by atoms with E-state index in [0.717, 1.165) is 11.6 Å². The van der Waals surface area contributed by atoms with Crippen LogP contribution < -0.4 is 5.32 Å². The maximum atomic E-state index is 6.11. The predicted octanol–water partition coefficient (Wildman–Crippen LogP) is 3.49. The van der Waals surface area contributed by atoms with E-state index in [4.69, 9.17) is 16.3 Å². The Morgan fingerprint density at radius 3 is 2.94 bits per heavy atom. The first-order chi connectivity index (χ1) is 8.72. The summed E-state index contributed by atoms with van der Waals surface area (Å²) in [7, 11) is 1.69. The third-order valence-electron chi connectivity index (χ3n) is 2.67. The van der Waals surface area contributed by atoms with E-state index in [9.17, 15) is 0 Å². The first kappa shape index (κ1) is 12.9. The third kappa shape index (κ3) is 2.83. The molecule has 2 aromatic rings. The predicted molar refractivity (Wildman–Crippen MR) is 73.5 cm³/mol. The monoisotopic (exact) mass is 265 g/mol. The number of methoxy groups -OCH3 is 1. The van der Waals surface area contributed by atoms with Gasteiger partial charge < -0.3 is 14.6 Å². The van der Waals surface area contributed by atoms with E-state index in [-0.39, 0.29) is 6.04 Å². The van der Waals surface area contributed by atoms with Crippen LogP contribution in [0.3, 0.4) is 0 Å². The zero-order chi connectivity index (χ0) is 13.0. The number of hydrogen-bond acceptors (Lipinski definition) is 3. The minimum Gasteiger partial charge on any atom is -0.383 e. The average molecular weight is 266 g/mol. The van der Waals surface area contributed by atoms with E-state index in [1.54, 1.807) is 13.3 Å². The van der Waals surface area contributed by atoms with Crippen molar-refractivity contribution in [2.45, 2.75) is 13.0 Å². The van der Waals surface area contributed by atoms with Crippen LogP contribution in [0.15, 0.2) is 36.7 Å². The van der Waals surface area contributed by atoms with Crippen LogP contribution in [-0.2, 0) is 4.74 Å². The molecular formula is C13H16ClN3O. The van der Waals surface area contributed by atoms with Crippen LogP contribution >= 0.6 is 11.6 Å². The second-order valence-corrected chi connectivity index (χ2v) is 4.47. The van der Waals surface area contributed by atoms with Gasteiger partial charge in [-0.15, -0.1) is 0 Å². The molecule has 18 heavy (non-hydrogen) atoms. The molecular weight excluding hydrogens is 250 g/mol. The highest BCUT2D eigenvalue weighted by Gasteiger charge is 2.10. The fourth-order valence-corrected chi connectivity index (χ4v) is 1.95. The van der Waals surface area contributed by atoms with E-state index in [0.29, 0.717) is 11.6 Å². The van der Waals surface area contributed by atoms with Crippen molar-refractivity contribution in [1.82, 2.24) is 9.55 Å². The zero-order valence-electron chi connectivity index (χ0n) is 10.4. The van der Waals surface area contributed by atoms with Gasteiger partial charge in [-0.1, -0.05) is 23.7 Å². The van der Waals surface area contributed by atoms with Gasteiger partial charge in [0.15, 0.2) is 0 Å². The van der Waals surface area contributed by atoms with Crippen molar-refractivity contribution in [3.05, 3.63) is 41.7 Å². The molecule has 0 fully saturated rings. The van der Waals surface area contributed by atoms with Crippen molar-refractivity contribution in [3.8, 4) is 0 Å². The summed E-state index contributed by atoms with van der Waals surface area (Å²) in [5, 5.41) is 3.90. The molecule has 1 aromatic heterocycles. The number of hydrogen-bond donors (Lipinski definition) is 1. The highest BCUT2D eigenvalue weighted by atomic mass is 35.5. The van der Waals surface area contributed by atoms with Gasteiger partial charge in [0.05, 0.1) is 23.4 Å². The highest BCUT2D eigenvalue weighted by Crippen LogP contribution is 2.25. The molecule has 96 valence electrons. The lowest BCUT2D eigenvalue weighted by molar-refractivity contribution is 0.163. The van der Waals surface area contributed by atoms with Crippen LogP contribution in [0.25, 0.3) is 0 Å². The lowest BCUT2D eigenvalue weighted by Crippen LogP contribution is -2.12. The Labute approximate surface area is 112 Å². The number of halogens is 1. The molecule has 0 aliphatic rings. The van der Waals surface area contributed by atoms with Gasteiger partial charge in [0.2, 0.25) is 5.95 Å². The Kier molecular flexibility index (Phi) is 4.23. The maximum Gasteiger partial charge on any atom is 0.207 e. The summed E-state index contributed by atoms with van der Waals surface area (Å²) >= 11 is 6.11. The van der Waals surface area contributed by atoms with Gasteiger partial charge in [-0.3, -0.25) is 0 Å². The van der Waals surface area contributed by atoms with Crippen LogP contribution in [0.5, 0.6) is 0 Å². The van der Waals surface area contributed by atoms with Crippen molar-refractivity contribution in [1.29, 1.82) is 0 Å². The number of aromatic nitrogens is 2. The molecule has 1 aromatic carbocycles. The quantitative estimate of drug-likeness (QED) is 0.899. The molecule has 0 radical (unpaired) electrons. The highest BCUT2D eigenvalue weighted by molar-refractivity contribution is 6.33. The van der Waals surface area contributed by atoms with Gasteiger partial charge >= 0.3 is 0 Å². The molecule has 0 amide bonds. The molecule has 4 nitrogen and oxygen atoms in total. The second kappa shape index (κ2) is 5.89. The Morgan fingerprint density at radius 1 is 1.44 bits per heavy atom. The molecule has 0 bridgehead atoms. The Bertz CT molecular complexity index is 512. The Balaban J connectivity index is 2.20. The van der Waals surface area contributed by atoms with Gasteiger partial charge in [0, 0.05) is 19.5 Å². The van der Waals surface area contributed by atoms with E-state index < -0.39 is 0 Å². The lowest BCUT2D eigenvalue weighted by Gasteiger charge is -2.16. The number of para-hydroxylation sites is 1.